The summed E-state index contributed by atoms with van der Waals surface area (Å²) in [7, 11) is 0. The Hall–Kier alpha value is -2.09. The van der Waals surface area contributed by atoms with Gasteiger partial charge in [-0.1, -0.05) is 48.5 Å². The van der Waals surface area contributed by atoms with Crippen LogP contribution in [0.5, 0.6) is 5.75 Å². The lowest BCUT2D eigenvalue weighted by Crippen LogP contribution is -2.45. The maximum Gasteiger partial charge on any atom is 0.210 e. The van der Waals surface area contributed by atoms with Gasteiger partial charge in [-0.15, -0.1) is 0 Å². The molecule has 84 valence electrons. The van der Waals surface area contributed by atoms with E-state index in [-0.39, 0.29) is 5.78 Å². The first-order valence-electron chi connectivity index (χ1n) is 5.60. The summed E-state index contributed by atoms with van der Waals surface area (Å²) in [5.41, 5.74) is 0.830. The second kappa shape index (κ2) is 3.45. The number of Topliss-reactive ketones (excluding diaryl/α,β-unsaturated/α-hetero) is 1. The predicted octanol–water partition coefficient (Wildman–Crippen LogP) is 3.18. The first-order valence-corrected chi connectivity index (χ1v) is 5.60. The van der Waals surface area contributed by atoms with E-state index in [4.69, 9.17) is 4.74 Å². The molecule has 1 aliphatic rings. The van der Waals surface area contributed by atoms with E-state index in [9.17, 15) is 4.79 Å². The van der Waals surface area contributed by atoms with Crippen LogP contribution in [-0.4, -0.2) is 5.78 Å². The fourth-order valence-corrected chi connectivity index (χ4v) is 2.21. The number of ketones is 1. The fourth-order valence-electron chi connectivity index (χ4n) is 2.21. The lowest BCUT2D eigenvalue weighted by atomic mass is 9.83. The van der Waals surface area contributed by atoms with Gasteiger partial charge >= 0.3 is 0 Å². The number of rotatable bonds is 2. The van der Waals surface area contributed by atoms with E-state index in [1.165, 1.54) is 0 Å². The molecule has 2 heteroatoms. The zero-order valence-electron chi connectivity index (χ0n) is 9.51. The molecule has 0 fully saturated rings. The standard InChI is InChI=1S/C15H12O2/c1-15(12-9-5-6-10-13(12)17-15)14(16)11-7-3-2-4-8-11/h2-10H,1H3. The first-order chi connectivity index (χ1) is 8.22. The maximum atomic E-state index is 12.4. The Morgan fingerprint density at radius 1 is 1.00 bits per heavy atom. The van der Waals surface area contributed by atoms with E-state index < -0.39 is 5.60 Å². The molecular weight excluding hydrogens is 212 g/mol. The molecule has 1 heterocycles. The normalized spacial score (nSPS) is 21.0. The molecule has 0 spiro atoms. The van der Waals surface area contributed by atoms with Crippen molar-refractivity contribution in [2.45, 2.75) is 12.5 Å². The van der Waals surface area contributed by atoms with Crippen molar-refractivity contribution in [3.8, 4) is 5.75 Å². The summed E-state index contributed by atoms with van der Waals surface area (Å²) in [6, 6.07) is 16.9. The van der Waals surface area contributed by atoms with Gasteiger partial charge in [-0.3, -0.25) is 4.79 Å². The zero-order chi connectivity index (χ0) is 11.9. The van der Waals surface area contributed by atoms with E-state index in [1.54, 1.807) is 0 Å². The predicted molar refractivity (Wildman–Crippen MR) is 65.2 cm³/mol. The number of para-hydroxylation sites is 1. The van der Waals surface area contributed by atoms with Crippen LogP contribution in [0.15, 0.2) is 54.6 Å². The van der Waals surface area contributed by atoms with Crippen molar-refractivity contribution in [3.63, 3.8) is 0 Å². The van der Waals surface area contributed by atoms with Crippen molar-refractivity contribution < 1.29 is 9.53 Å². The minimum Gasteiger partial charge on any atom is -0.474 e. The molecule has 1 atom stereocenters. The fraction of sp³-hybridized carbons (Fsp3) is 0.133. The third-order valence-electron chi connectivity index (χ3n) is 3.18. The lowest BCUT2D eigenvalue weighted by molar-refractivity contribution is 0.0277. The number of carbonyl (C=O) groups excluding carboxylic acids is 1. The Labute approximate surface area is 99.9 Å². The highest BCUT2D eigenvalue weighted by molar-refractivity contribution is 6.04. The Morgan fingerprint density at radius 3 is 2.35 bits per heavy atom. The van der Waals surface area contributed by atoms with Crippen LogP contribution in [-0.2, 0) is 5.60 Å². The number of hydrogen-bond donors (Lipinski definition) is 0. The molecule has 17 heavy (non-hydrogen) atoms. The molecule has 0 aromatic heterocycles. The Morgan fingerprint density at radius 2 is 1.65 bits per heavy atom. The monoisotopic (exact) mass is 224 g/mol. The number of fused-ring (bicyclic) bond motifs is 1. The van der Waals surface area contributed by atoms with Crippen LogP contribution in [0.3, 0.4) is 0 Å². The van der Waals surface area contributed by atoms with Gasteiger partial charge in [-0.2, -0.15) is 0 Å². The van der Waals surface area contributed by atoms with Gasteiger partial charge < -0.3 is 4.74 Å². The Balaban J connectivity index is 2.00. The number of benzene rings is 2. The van der Waals surface area contributed by atoms with Gasteiger partial charge in [0.05, 0.1) is 0 Å². The summed E-state index contributed by atoms with van der Waals surface area (Å²) < 4.78 is 5.64. The molecule has 0 N–H and O–H groups in total. The molecule has 2 aromatic carbocycles. The molecule has 0 radical (unpaired) electrons. The van der Waals surface area contributed by atoms with Crippen molar-refractivity contribution in [2.24, 2.45) is 0 Å². The third-order valence-corrected chi connectivity index (χ3v) is 3.18. The summed E-state index contributed by atoms with van der Waals surface area (Å²) in [4.78, 5) is 12.4. The number of carbonyl (C=O) groups is 1. The average molecular weight is 224 g/mol. The van der Waals surface area contributed by atoms with Gasteiger partial charge in [0, 0.05) is 11.1 Å². The highest BCUT2D eigenvalue weighted by Gasteiger charge is 2.47. The SMILES string of the molecule is CC1(C(=O)c2ccccc2)Oc2ccccc21. The first kappa shape index (κ1) is 10.1. The minimum atomic E-state index is -0.821. The van der Waals surface area contributed by atoms with Crippen LogP contribution >= 0.6 is 0 Å². The average Bonchev–Trinajstić information content (AvgIpc) is 2.37. The van der Waals surface area contributed by atoms with E-state index in [0.29, 0.717) is 5.56 Å². The van der Waals surface area contributed by atoms with E-state index in [1.807, 2.05) is 61.5 Å². The molecule has 1 unspecified atom stereocenters. The summed E-state index contributed by atoms with van der Waals surface area (Å²) in [5, 5.41) is 0. The van der Waals surface area contributed by atoms with Crippen molar-refractivity contribution in [1.82, 2.24) is 0 Å². The van der Waals surface area contributed by atoms with Gasteiger partial charge in [0.2, 0.25) is 5.78 Å². The smallest absolute Gasteiger partial charge is 0.210 e. The van der Waals surface area contributed by atoms with Gasteiger partial charge in [0.15, 0.2) is 5.60 Å². The van der Waals surface area contributed by atoms with Crippen LogP contribution in [0.25, 0.3) is 0 Å². The van der Waals surface area contributed by atoms with Gasteiger partial charge in [0.1, 0.15) is 5.75 Å². The lowest BCUT2D eigenvalue weighted by Gasteiger charge is -2.39. The van der Waals surface area contributed by atoms with Crippen molar-refractivity contribution in [1.29, 1.82) is 0 Å². The van der Waals surface area contributed by atoms with Crippen LogP contribution in [0.1, 0.15) is 22.8 Å². The van der Waals surface area contributed by atoms with Gasteiger partial charge in [0.25, 0.3) is 0 Å². The molecule has 1 aliphatic heterocycles. The topological polar surface area (TPSA) is 26.3 Å². The number of ether oxygens (including phenoxy) is 1. The van der Waals surface area contributed by atoms with Crippen molar-refractivity contribution >= 4 is 5.78 Å². The molecule has 3 rings (SSSR count). The van der Waals surface area contributed by atoms with Crippen LogP contribution in [0, 0.1) is 0 Å². The maximum absolute atomic E-state index is 12.4. The van der Waals surface area contributed by atoms with Crippen LogP contribution in [0.4, 0.5) is 0 Å². The molecule has 0 bridgehead atoms. The minimum absolute atomic E-state index is 0.0109. The molecule has 0 amide bonds. The highest BCUT2D eigenvalue weighted by Crippen LogP contribution is 2.45. The van der Waals surface area contributed by atoms with Crippen LogP contribution < -0.4 is 4.74 Å². The van der Waals surface area contributed by atoms with E-state index >= 15 is 0 Å². The molecular formula is C15H12O2. The highest BCUT2D eigenvalue weighted by atomic mass is 16.5. The Kier molecular flexibility index (Phi) is 2.05. The van der Waals surface area contributed by atoms with Gasteiger partial charge in [-0.25, -0.2) is 0 Å². The molecule has 2 nitrogen and oxygen atoms in total. The summed E-state index contributed by atoms with van der Waals surface area (Å²) in [6.07, 6.45) is 0. The second-order valence-electron chi connectivity index (χ2n) is 4.33. The summed E-state index contributed by atoms with van der Waals surface area (Å²) in [5.74, 6) is 0.816. The molecule has 0 saturated carbocycles. The second-order valence-corrected chi connectivity index (χ2v) is 4.33. The largest absolute Gasteiger partial charge is 0.474 e. The Bertz CT molecular complexity index is 574. The quantitative estimate of drug-likeness (QED) is 0.732. The van der Waals surface area contributed by atoms with E-state index in [2.05, 4.69) is 0 Å². The van der Waals surface area contributed by atoms with Crippen molar-refractivity contribution in [2.75, 3.05) is 0 Å². The molecule has 0 aliphatic carbocycles. The van der Waals surface area contributed by atoms with Crippen molar-refractivity contribution in [3.05, 3.63) is 65.7 Å². The van der Waals surface area contributed by atoms with Crippen LogP contribution in [0.2, 0.25) is 0 Å². The van der Waals surface area contributed by atoms with E-state index in [0.717, 1.165) is 11.3 Å². The molecule has 2 aromatic rings. The molecule has 0 saturated heterocycles. The zero-order valence-corrected chi connectivity index (χ0v) is 9.51. The van der Waals surface area contributed by atoms with Gasteiger partial charge in [-0.05, 0) is 13.0 Å². The summed E-state index contributed by atoms with van der Waals surface area (Å²) >= 11 is 0. The summed E-state index contributed by atoms with van der Waals surface area (Å²) in [6.45, 7) is 1.82. The number of hydrogen-bond acceptors (Lipinski definition) is 2. The third kappa shape index (κ3) is 1.37.